The van der Waals surface area contributed by atoms with Crippen LogP contribution in [0.2, 0.25) is 0 Å². The number of ether oxygens (including phenoxy) is 1. The van der Waals surface area contributed by atoms with E-state index in [4.69, 9.17) is 4.74 Å². The van der Waals surface area contributed by atoms with E-state index in [0.717, 1.165) is 31.0 Å². The van der Waals surface area contributed by atoms with Gasteiger partial charge in [-0.3, -0.25) is 0 Å². The Morgan fingerprint density at radius 3 is 2.92 bits per heavy atom. The Morgan fingerprint density at radius 2 is 2.27 bits per heavy atom. The van der Waals surface area contributed by atoms with Crippen LogP contribution in [0.1, 0.15) is 18.9 Å². The van der Waals surface area contributed by atoms with Gasteiger partial charge in [0.2, 0.25) is 10.0 Å². The topological polar surface area (TPSA) is 103 Å². The van der Waals surface area contributed by atoms with Crippen LogP contribution in [0.4, 0.5) is 0 Å². The molecular weight excluding hydrogens is 356 g/mol. The normalized spacial score (nSPS) is 18.3. The molecule has 1 heterocycles. The van der Waals surface area contributed by atoms with Crippen LogP contribution < -0.4 is 10.0 Å². The molecule has 0 unspecified atom stereocenters. The minimum atomic E-state index is -3.56. The SMILES string of the molecule is CCNC(=NCc1cccc(S(=O)(=O)NCCOC)c1)N1CC[C@@H](O)C1. The number of aliphatic hydroxyl groups excluding tert-OH is 1. The van der Waals surface area contributed by atoms with E-state index in [9.17, 15) is 13.5 Å². The van der Waals surface area contributed by atoms with Crippen LogP contribution >= 0.6 is 0 Å². The number of hydrogen-bond acceptors (Lipinski definition) is 5. The van der Waals surface area contributed by atoms with Crippen LogP contribution in [0.15, 0.2) is 34.2 Å². The molecule has 1 aliphatic heterocycles. The van der Waals surface area contributed by atoms with E-state index in [2.05, 4.69) is 15.0 Å². The summed E-state index contributed by atoms with van der Waals surface area (Å²) in [5.74, 6) is 0.732. The highest BCUT2D eigenvalue weighted by molar-refractivity contribution is 7.89. The number of nitrogens with zero attached hydrogens (tertiary/aromatic N) is 2. The number of likely N-dealkylation sites (tertiary alicyclic amines) is 1. The van der Waals surface area contributed by atoms with Crippen LogP contribution in [0.3, 0.4) is 0 Å². The van der Waals surface area contributed by atoms with Crippen LogP contribution in [-0.2, 0) is 21.3 Å². The molecule has 146 valence electrons. The highest BCUT2D eigenvalue weighted by Gasteiger charge is 2.22. The molecule has 0 spiro atoms. The third-order valence-corrected chi connectivity index (χ3v) is 5.47. The number of nitrogens with one attached hydrogen (secondary N) is 2. The Balaban J connectivity index is 2.09. The van der Waals surface area contributed by atoms with Gasteiger partial charge in [0.05, 0.1) is 24.2 Å². The van der Waals surface area contributed by atoms with Crippen LogP contribution in [-0.4, -0.2) is 70.4 Å². The van der Waals surface area contributed by atoms with E-state index in [1.807, 2.05) is 17.9 Å². The van der Waals surface area contributed by atoms with Crippen LogP contribution in [0.25, 0.3) is 0 Å². The first-order chi connectivity index (χ1) is 12.5. The number of β-amino-alcohol motifs (C(OH)–C–C–N with tert-alkyl or cyclic N) is 1. The van der Waals surface area contributed by atoms with Gasteiger partial charge in [-0.2, -0.15) is 0 Å². The summed E-state index contributed by atoms with van der Waals surface area (Å²) in [6.45, 7) is 4.93. The van der Waals surface area contributed by atoms with Crippen molar-refractivity contribution in [3.8, 4) is 0 Å². The van der Waals surface area contributed by atoms with Gasteiger partial charge in [-0.25, -0.2) is 18.1 Å². The van der Waals surface area contributed by atoms with Crippen molar-refractivity contribution in [2.24, 2.45) is 4.99 Å². The molecule has 0 bridgehead atoms. The molecule has 1 atom stereocenters. The first kappa shape index (κ1) is 20.6. The van der Waals surface area contributed by atoms with Crippen molar-refractivity contribution < 1.29 is 18.3 Å². The summed E-state index contributed by atoms with van der Waals surface area (Å²) in [6, 6.07) is 6.74. The predicted molar refractivity (Wildman–Crippen MR) is 101 cm³/mol. The number of hydrogen-bond donors (Lipinski definition) is 3. The maximum Gasteiger partial charge on any atom is 0.240 e. The Morgan fingerprint density at radius 1 is 1.46 bits per heavy atom. The smallest absolute Gasteiger partial charge is 0.240 e. The quantitative estimate of drug-likeness (QED) is 0.335. The minimum absolute atomic E-state index is 0.211. The zero-order valence-electron chi connectivity index (χ0n) is 15.3. The number of benzene rings is 1. The largest absolute Gasteiger partial charge is 0.391 e. The maximum atomic E-state index is 12.3. The van der Waals surface area contributed by atoms with E-state index in [0.29, 0.717) is 19.7 Å². The molecular formula is C17H28N4O4S. The van der Waals surface area contributed by atoms with Crippen molar-refractivity contribution in [2.75, 3.05) is 39.9 Å². The zero-order valence-corrected chi connectivity index (χ0v) is 16.1. The number of rotatable bonds is 8. The van der Waals surface area contributed by atoms with Gasteiger partial charge in [0.1, 0.15) is 0 Å². The highest BCUT2D eigenvalue weighted by atomic mass is 32.2. The number of methoxy groups -OCH3 is 1. The molecule has 1 aliphatic rings. The molecule has 1 saturated heterocycles. The minimum Gasteiger partial charge on any atom is -0.391 e. The third-order valence-electron chi connectivity index (χ3n) is 4.02. The number of sulfonamides is 1. The van der Waals surface area contributed by atoms with Crippen molar-refractivity contribution in [1.29, 1.82) is 0 Å². The molecule has 26 heavy (non-hydrogen) atoms. The molecule has 0 aromatic heterocycles. The Bertz CT molecular complexity index is 708. The van der Waals surface area contributed by atoms with Crippen molar-refractivity contribution in [1.82, 2.24) is 14.9 Å². The van der Waals surface area contributed by atoms with Gasteiger partial charge >= 0.3 is 0 Å². The van der Waals surface area contributed by atoms with E-state index >= 15 is 0 Å². The van der Waals surface area contributed by atoms with E-state index in [-0.39, 0.29) is 17.5 Å². The molecule has 1 fully saturated rings. The average Bonchev–Trinajstić information content (AvgIpc) is 3.05. The number of guanidine groups is 1. The highest BCUT2D eigenvalue weighted by Crippen LogP contribution is 2.13. The first-order valence-electron chi connectivity index (χ1n) is 8.75. The lowest BCUT2D eigenvalue weighted by atomic mass is 10.2. The average molecular weight is 385 g/mol. The standard InChI is InChI=1S/C17H28N4O4S/c1-3-18-17(21-9-7-15(22)13-21)19-12-14-5-4-6-16(11-14)26(23,24)20-8-10-25-2/h4-6,11,15,20,22H,3,7-10,12-13H2,1-2H3,(H,18,19)/t15-/m1/s1. The predicted octanol–water partition coefficient (Wildman–Crippen LogP) is 0.143. The summed E-state index contributed by atoms with van der Waals surface area (Å²) in [6.07, 6.45) is 0.399. The molecule has 0 aliphatic carbocycles. The van der Waals surface area contributed by atoms with Gasteiger partial charge in [-0.05, 0) is 31.0 Å². The lowest BCUT2D eigenvalue weighted by Crippen LogP contribution is -2.40. The van der Waals surface area contributed by atoms with Gasteiger partial charge < -0.3 is 20.1 Å². The fourth-order valence-corrected chi connectivity index (χ4v) is 3.78. The van der Waals surface area contributed by atoms with Crippen molar-refractivity contribution >= 4 is 16.0 Å². The number of aliphatic imine (C=N–C) groups is 1. The summed E-state index contributed by atoms with van der Waals surface area (Å²) in [4.78, 5) is 6.81. The Kier molecular flexibility index (Phi) is 7.83. The Labute approximate surface area is 155 Å². The fraction of sp³-hybridized carbons (Fsp3) is 0.588. The fourth-order valence-electron chi connectivity index (χ4n) is 2.70. The summed E-state index contributed by atoms with van der Waals surface area (Å²) in [5.41, 5.74) is 0.801. The lowest BCUT2D eigenvalue weighted by molar-refractivity contribution is 0.188. The molecule has 9 heteroatoms. The van der Waals surface area contributed by atoms with Gasteiger partial charge in [0.25, 0.3) is 0 Å². The third kappa shape index (κ3) is 5.94. The van der Waals surface area contributed by atoms with E-state index < -0.39 is 10.0 Å². The summed E-state index contributed by atoms with van der Waals surface area (Å²) in [5, 5.41) is 12.9. The molecule has 2 rings (SSSR count). The maximum absolute atomic E-state index is 12.3. The molecule has 1 aromatic carbocycles. The molecule has 0 amide bonds. The molecule has 0 radical (unpaired) electrons. The van der Waals surface area contributed by atoms with Crippen LogP contribution in [0.5, 0.6) is 0 Å². The van der Waals surface area contributed by atoms with E-state index in [1.165, 1.54) is 7.11 Å². The second kappa shape index (κ2) is 9.86. The van der Waals surface area contributed by atoms with Gasteiger partial charge in [0, 0.05) is 33.3 Å². The second-order valence-corrected chi connectivity index (χ2v) is 7.86. The van der Waals surface area contributed by atoms with E-state index in [1.54, 1.807) is 18.2 Å². The van der Waals surface area contributed by atoms with Gasteiger partial charge in [-0.15, -0.1) is 0 Å². The second-order valence-electron chi connectivity index (χ2n) is 6.10. The monoisotopic (exact) mass is 384 g/mol. The first-order valence-corrected chi connectivity index (χ1v) is 10.2. The van der Waals surface area contributed by atoms with Gasteiger partial charge in [-0.1, -0.05) is 12.1 Å². The summed E-state index contributed by atoms with van der Waals surface area (Å²) >= 11 is 0. The summed E-state index contributed by atoms with van der Waals surface area (Å²) < 4.78 is 32.0. The molecule has 1 aromatic rings. The zero-order chi connectivity index (χ0) is 19.0. The van der Waals surface area contributed by atoms with Crippen LogP contribution in [0, 0.1) is 0 Å². The Hall–Kier alpha value is -1.68. The summed E-state index contributed by atoms with van der Waals surface area (Å²) in [7, 11) is -2.04. The molecule has 8 nitrogen and oxygen atoms in total. The lowest BCUT2D eigenvalue weighted by Gasteiger charge is -2.21. The van der Waals surface area contributed by atoms with Crippen molar-refractivity contribution in [2.45, 2.75) is 30.9 Å². The number of aliphatic hydroxyl groups is 1. The molecule has 0 saturated carbocycles. The molecule has 3 N–H and O–H groups in total. The van der Waals surface area contributed by atoms with Gasteiger partial charge in [0.15, 0.2) is 5.96 Å². The van der Waals surface area contributed by atoms with Crippen molar-refractivity contribution in [3.05, 3.63) is 29.8 Å². The van der Waals surface area contributed by atoms with Crippen molar-refractivity contribution in [3.63, 3.8) is 0 Å².